The normalized spacial score (nSPS) is 10.6. The third kappa shape index (κ3) is 1.90. The average molecular weight is 222 g/mol. The molecule has 0 aliphatic rings. The highest BCUT2D eigenvalue weighted by Gasteiger charge is 2.05. The summed E-state index contributed by atoms with van der Waals surface area (Å²) in [6.45, 7) is -0.324. The molecule has 2 aromatic rings. The van der Waals surface area contributed by atoms with Crippen LogP contribution in [0.5, 0.6) is 0 Å². The molecule has 16 heavy (non-hydrogen) atoms. The number of H-pyrrole nitrogens is 1. The fourth-order valence-corrected chi connectivity index (χ4v) is 1.47. The average Bonchev–Trinajstić information content (AvgIpc) is 2.19. The van der Waals surface area contributed by atoms with Crippen molar-refractivity contribution in [2.45, 2.75) is 6.54 Å². The lowest BCUT2D eigenvalue weighted by Crippen LogP contribution is -2.10. The van der Waals surface area contributed by atoms with E-state index >= 15 is 0 Å². The number of benzene rings is 1. The van der Waals surface area contributed by atoms with Crippen molar-refractivity contribution in [2.75, 3.05) is 0 Å². The lowest BCUT2D eigenvalue weighted by atomic mass is 10.1. The van der Waals surface area contributed by atoms with E-state index in [1.807, 2.05) is 0 Å². The second-order valence-corrected chi connectivity index (χ2v) is 3.36. The molecule has 0 radical (unpaired) electrons. The lowest BCUT2D eigenvalue weighted by Gasteiger charge is -2.00. The second kappa shape index (κ2) is 3.73. The SMILES string of the molecule is O=c1[nH]c2cc(C[N+](=O)[O-])ccc2cc1F. The molecule has 0 saturated carbocycles. The minimum atomic E-state index is -0.866. The van der Waals surface area contributed by atoms with Gasteiger partial charge in [-0.05, 0) is 12.1 Å². The smallest absolute Gasteiger partial charge is 0.284 e. The predicted octanol–water partition coefficient (Wildman–Crippen LogP) is 1.44. The minimum Gasteiger partial charge on any atom is -0.319 e. The van der Waals surface area contributed by atoms with Gasteiger partial charge in [-0.3, -0.25) is 14.9 Å². The number of hydrogen-bond donors (Lipinski definition) is 1. The standard InChI is InChI=1S/C10H7FN2O3/c11-8-4-7-2-1-6(5-13(15)16)3-9(7)12-10(8)14/h1-4H,5H2,(H,12,14). The first kappa shape index (κ1) is 10.3. The number of aromatic nitrogens is 1. The van der Waals surface area contributed by atoms with Crippen LogP contribution < -0.4 is 5.56 Å². The van der Waals surface area contributed by atoms with Crippen molar-refractivity contribution >= 4 is 10.9 Å². The molecule has 0 amide bonds. The Bertz CT molecular complexity index is 621. The number of fused-ring (bicyclic) bond motifs is 1. The topological polar surface area (TPSA) is 76.0 Å². The van der Waals surface area contributed by atoms with Gasteiger partial charge >= 0.3 is 0 Å². The van der Waals surface area contributed by atoms with Crippen molar-refractivity contribution in [3.05, 3.63) is 56.1 Å². The molecule has 2 rings (SSSR count). The molecule has 1 aromatic heterocycles. The third-order valence-electron chi connectivity index (χ3n) is 2.18. The van der Waals surface area contributed by atoms with E-state index in [1.165, 1.54) is 18.2 Å². The molecule has 82 valence electrons. The first-order valence-electron chi connectivity index (χ1n) is 4.49. The van der Waals surface area contributed by atoms with Crippen molar-refractivity contribution in [3.8, 4) is 0 Å². The van der Waals surface area contributed by atoms with Gasteiger partial charge in [-0.1, -0.05) is 12.1 Å². The second-order valence-electron chi connectivity index (χ2n) is 3.36. The molecular weight excluding hydrogens is 215 g/mol. The summed E-state index contributed by atoms with van der Waals surface area (Å²) in [4.78, 5) is 23.2. The quantitative estimate of drug-likeness (QED) is 0.617. The van der Waals surface area contributed by atoms with Crippen LogP contribution in [-0.2, 0) is 6.54 Å². The van der Waals surface area contributed by atoms with Gasteiger partial charge in [0.2, 0.25) is 6.54 Å². The molecule has 6 heteroatoms. The Labute approximate surface area is 88.7 Å². The fourth-order valence-electron chi connectivity index (χ4n) is 1.47. The summed E-state index contributed by atoms with van der Waals surface area (Å²) in [7, 11) is 0. The number of nitro groups is 1. The summed E-state index contributed by atoms with van der Waals surface area (Å²) < 4.78 is 12.9. The summed E-state index contributed by atoms with van der Waals surface area (Å²) in [5.74, 6) is -0.866. The largest absolute Gasteiger partial charge is 0.319 e. The van der Waals surface area contributed by atoms with Crippen LogP contribution in [0.1, 0.15) is 5.56 Å². The molecule has 0 bridgehead atoms. The highest BCUT2D eigenvalue weighted by molar-refractivity contribution is 5.78. The Kier molecular flexibility index (Phi) is 2.40. The Morgan fingerprint density at radius 2 is 2.12 bits per heavy atom. The van der Waals surface area contributed by atoms with Crippen LogP contribution >= 0.6 is 0 Å². The van der Waals surface area contributed by atoms with E-state index < -0.39 is 16.3 Å². The summed E-state index contributed by atoms with van der Waals surface area (Å²) >= 11 is 0. The molecule has 0 aliphatic carbocycles. The number of nitrogens with zero attached hydrogens (tertiary/aromatic N) is 1. The van der Waals surface area contributed by atoms with E-state index in [1.54, 1.807) is 0 Å². The minimum absolute atomic E-state index is 0.324. The molecule has 0 unspecified atom stereocenters. The molecular formula is C10H7FN2O3. The summed E-state index contributed by atoms with van der Waals surface area (Å²) in [5, 5.41) is 10.8. The number of aromatic amines is 1. The van der Waals surface area contributed by atoms with Crippen LogP contribution in [0.3, 0.4) is 0 Å². The van der Waals surface area contributed by atoms with Crippen LogP contribution in [0.2, 0.25) is 0 Å². The maximum atomic E-state index is 12.9. The molecule has 0 atom stereocenters. The Morgan fingerprint density at radius 1 is 1.38 bits per heavy atom. The summed E-state index contributed by atoms with van der Waals surface area (Å²) in [5.41, 5.74) is 0.0243. The Morgan fingerprint density at radius 3 is 2.81 bits per heavy atom. The van der Waals surface area contributed by atoms with E-state index in [-0.39, 0.29) is 6.54 Å². The van der Waals surface area contributed by atoms with Gasteiger partial charge in [0.15, 0.2) is 5.82 Å². The molecule has 5 nitrogen and oxygen atoms in total. The Hall–Kier alpha value is -2.24. The highest BCUT2D eigenvalue weighted by Crippen LogP contribution is 2.13. The van der Waals surface area contributed by atoms with Crippen molar-refractivity contribution in [3.63, 3.8) is 0 Å². The van der Waals surface area contributed by atoms with Gasteiger partial charge in [0.05, 0.1) is 0 Å². The molecule has 0 aliphatic heterocycles. The summed E-state index contributed by atoms with van der Waals surface area (Å²) in [6, 6.07) is 5.64. The van der Waals surface area contributed by atoms with Crippen LogP contribution in [-0.4, -0.2) is 9.91 Å². The van der Waals surface area contributed by atoms with Gasteiger partial charge < -0.3 is 4.98 Å². The van der Waals surface area contributed by atoms with E-state index in [4.69, 9.17) is 0 Å². The zero-order chi connectivity index (χ0) is 11.7. The first-order chi connectivity index (χ1) is 7.56. The number of hydrogen-bond acceptors (Lipinski definition) is 3. The third-order valence-corrected chi connectivity index (χ3v) is 2.18. The Balaban J connectivity index is 2.57. The van der Waals surface area contributed by atoms with E-state index in [9.17, 15) is 19.3 Å². The van der Waals surface area contributed by atoms with Gasteiger partial charge in [0.25, 0.3) is 5.56 Å². The molecule has 0 saturated heterocycles. The predicted molar refractivity (Wildman–Crippen MR) is 55.2 cm³/mol. The number of nitrogens with one attached hydrogen (secondary N) is 1. The molecule has 0 spiro atoms. The maximum Gasteiger partial charge on any atom is 0.284 e. The van der Waals surface area contributed by atoms with Crippen LogP contribution in [0.4, 0.5) is 4.39 Å². The van der Waals surface area contributed by atoms with E-state index in [0.717, 1.165) is 6.07 Å². The first-order valence-corrected chi connectivity index (χ1v) is 4.49. The molecule has 1 N–H and O–H groups in total. The van der Waals surface area contributed by atoms with Crippen molar-refractivity contribution in [2.24, 2.45) is 0 Å². The van der Waals surface area contributed by atoms with Crippen molar-refractivity contribution in [1.82, 2.24) is 4.98 Å². The van der Waals surface area contributed by atoms with Gasteiger partial charge in [-0.2, -0.15) is 0 Å². The number of pyridine rings is 1. The van der Waals surface area contributed by atoms with Crippen LogP contribution in [0.15, 0.2) is 29.1 Å². The van der Waals surface area contributed by atoms with E-state index in [0.29, 0.717) is 16.5 Å². The molecule has 1 aromatic carbocycles. The number of halogens is 1. The maximum absolute atomic E-state index is 12.9. The van der Waals surface area contributed by atoms with Gasteiger partial charge in [0, 0.05) is 21.4 Å². The lowest BCUT2D eigenvalue weighted by molar-refractivity contribution is -0.496. The van der Waals surface area contributed by atoms with Crippen molar-refractivity contribution in [1.29, 1.82) is 0 Å². The van der Waals surface area contributed by atoms with Gasteiger partial charge in [-0.25, -0.2) is 4.39 Å². The zero-order valence-electron chi connectivity index (χ0n) is 8.07. The molecule has 1 heterocycles. The van der Waals surface area contributed by atoms with Crippen LogP contribution in [0.25, 0.3) is 10.9 Å². The monoisotopic (exact) mass is 222 g/mol. The summed E-state index contributed by atoms with van der Waals surface area (Å²) in [6.07, 6.45) is 0. The fraction of sp³-hybridized carbons (Fsp3) is 0.100. The highest BCUT2D eigenvalue weighted by atomic mass is 19.1. The zero-order valence-corrected chi connectivity index (χ0v) is 8.07. The van der Waals surface area contributed by atoms with Gasteiger partial charge in [-0.15, -0.1) is 0 Å². The number of rotatable bonds is 2. The van der Waals surface area contributed by atoms with Crippen LogP contribution in [0, 0.1) is 15.9 Å². The van der Waals surface area contributed by atoms with Crippen molar-refractivity contribution < 1.29 is 9.31 Å². The molecule has 0 fully saturated rings. The van der Waals surface area contributed by atoms with Gasteiger partial charge in [0.1, 0.15) is 0 Å². The van der Waals surface area contributed by atoms with E-state index in [2.05, 4.69) is 4.98 Å².